The van der Waals surface area contributed by atoms with Crippen LogP contribution in [0, 0.1) is 11.3 Å². The number of nitriles is 1. The van der Waals surface area contributed by atoms with Crippen LogP contribution in [0.25, 0.3) is 0 Å². The van der Waals surface area contributed by atoms with Gasteiger partial charge in [0.15, 0.2) is 0 Å². The van der Waals surface area contributed by atoms with Crippen molar-refractivity contribution in [3.05, 3.63) is 28.8 Å². The van der Waals surface area contributed by atoms with Gasteiger partial charge in [-0.3, -0.25) is 9.69 Å². The lowest BCUT2D eigenvalue weighted by Crippen LogP contribution is -2.54. The van der Waals surface area contributed by atoms with Gasteiger partial charge in [-0.05, 0) is 37.6 Å². The van der Waals surface area contributed by atoms with E-state index in [1.165, 1.54) is 18.2 Å². The Morgan fingerprint density at radius 1 is 1.50 bits per heavy atom. The van der Waals surface area contributed by atoms with Gasteiger partial charge in [0.05, 0.1) is 17.0 Å². The number of nitrogens with zero attached hydrogens (tertiary/aromatic N) is 2. The SMILES string of the molecule is CCN(CC(=O)O)C1CC(NS(=O)(=O)c2ccc(Cl)cc2C#N)C1. The summed E-state index contributed by atoms with van der Waals surface area (Å²) in [6.45, 7) is 2.40. The molecule has 0 radical (unpaired) electrons. The van der Waals surface area contributed by atoms with Crippen molar-refractivity contribution in [2.75, 3.05) is 13.1 Å². The molecule has 1 aliphatic rings. The van der Waals surface area contributed by atoms with Crippen molar-refractivity contribution >= 4 is 27.6 Å². The zero-order valence-electron chi connectivity index (χ0n) is 13.1. The van der Waals surface area contributed by atoms with E-state index in [0.29, 0.717) is 24.4 Å². The predicted octanol–water partition coefficient (Wildman–Crippen LogP) is 1.43. The Labute approximate surface area is 145 Å². The van der Waals surface area contributed by atoms with Crippen LogP contribution >= 0.6 is 11.6 Å². The quantitative estimate of drug-likeness (QED) is 0.750. The molecular formula is C15H18ClN3O4S. The first kappa shape index (κ1) is 18.7. The second-order valence-electron chi connectivity index (χ2n) is 5.65. The highest BCUT2D eigenvalue weighted by Crippen LogP contribution is 2.28. The first-order valence-electron chi connectivity index (χ1n) is 7.44. The lowest BCUT2D eigenvalue weighted by molar-refractivity contribution is -0.139. The molecule has 0 aliphatic heterocycles. The van der Waals surface area contributed by atoms with Crippen LogP contribution in [-0.4, -0.2) is 49.6 Å². The van der Waals surface area contributed by atoms with Crippen LogP contribution in [-0.2, 0) is 14.8 Å². The number of benzene rings is 1. The number of halogens is 1. The zero-order chi connectivity index (χ0) is 17.9. The van der Waals surface area contributed by atoms with E-state index in [9.17, 15) is 13.2 Å². The van der Waals surface area contributed by atoms with E-state index >= 15 is 0 Å². The monoisotopic (exact) mass is 371 g/mol. The van der Waals surface area contributed by atoms with E-state index in [4.69, 9.17) is 22.0 Å². The third-order valence-corrected chi connectivity index (χ3v) is 5.86. The van der Waals surface area contributed by atoms with Crippen LogP contribution in [0.3, 0.4) is 0 Å². The van der Waals surface area contributed by atoms with E-state index in [-0.39, 0.29) is 29.1 Å². The molecule has 1 saturated carbocycles. The number of likely N-dealkylation sites (N-methyl/N-ethyl adjacent to an activating group) is 1. The van der Waals surface area contributed by atoms with Crippen molar-refractivity contribution in [2.24, 2.45) is 0 Å². The fourth-order valence-electron chi connectivity index (χ4n) is 2.76. The molecule has 1 aromatic carbocycles. The highest BCUT2D eigenvalue weighted by atomic mass is 35.5. The van der Waals surface area contributed by atoms with Crippen LogP contribution in [0.15, 0.2) is 23.1 Å². The first-order chi connectivity index (χ1) is 11.3. The topological polar surface area (TPSA) is 110 Å². The molecule has 7 nitrogen and oxygen atoms in total. The van der Waals surface area contributed by atoms with Gasteiger partial charge < -0.3 is 5.11 Å². The Bertz CT molecular complexity index is 769. The van der Waals surface area contributed by atoms with Crippen LogP contribution in [0.4, 0.5) is 0 Å². The van der Waals surface area contributed by atoms with E-state index in [0.717, 1.165) is 0 Å². The molecule has 2 N–H and O–H groups in total. The maximum atomic E-state index is 12.4. The summed E-state index contributed by atoms with van der Waals surface area (Å²) in [5, 5.41) is 18.2. The summed E-state index contributed by atoms with van der Waals surface area (Å²) in [6, 6.07) is 5.64. The number of sulfonamides is 1. The molecule has 9 heteroatoms. The fraction of sp³-hybridized carbons (Fsp3) is 0.467. The van der Waals surface area contributed by atoms with Crippen molar-refractivity contribution < 1.29 is 18.3 Å². The number of hydrogen-bond acceptors (Lipinski definition) is 5. The summed E-state index contributed by atoms with van der Waals surface area (Å²) < 4.78 is 27.4. The fourth-order valence-corrected chi connectivity index (χ4v) is 4.33. The number of carbonyl (C=O) groups is 1. The van der Waals surface area contributed by atoms with Gasteiger partial charge in [-0.25, -0.2) is 13.1 Å². The van der Waals surface area contributed by atoms with Gasteiger partial charge in [-0.15, -0.1) is 0 Å². The smallest absolute Gasteiger partial charge is 0.317 e. The molecule has 0 spiro atoms. The van der Waals surface area contributed by atoms with Crippen molar-refractivity contribution in [1.82, 2.24) is 9.62 Å². The Morgan fingerprint density at radius 3 is 2.71 bits per heavy atom. The van der Waals surface area contributed by atoms with E-state index in [1.807, 2.05) is 13.0 Å². The van der Waals surface area contributed by atoms with Gasteiger partial charge in [-0.2, -0.15) is 5.26 Å². The minimum Gasteiger partial charge on any atom is -0.480 e. The number of aliphatic carboxylic acids is 1. The highest BCUT2D eigenvalue weighted by molar-refractivity contribution is 7.89. The van der Waals surface area contributed by atoms with E-state index < -0.39 is 16.0 Å². The first-order valence-corrected chi connectivity index (χ1v) is 9.30. The van der Waals surface area contributed by atoms with Gasteiger partial charge in [-0.1, -0.05) is 18.5 Å². The third-order valence-electron chi connectivity index (χ3n) is 4.05. The van der Waals surface area contributed by atoms with Gasteiger partial charge in [0.1, 0.15) is 6.07 Å². The summed E-state index contributed by atoms with van der Waals surface area (Å²) in [5.74, 6) is -0.902. The van der Waals surface area contributed by atoms with Gasteiger partial charge >= 0.3 is 5.97 Å². The molecule has 1 aliphatic carbocycles. The average molecular weight is 372 g/mol. The Kier molecular flexibility index (Phi) is 5.83. The second kappa shape index (κ2) is 7.49. The molecule has 0 heterocycles. The minimum atomic E-state index is -3.82. The molecule has 0 saturated heterocycles. The lowest BCUT2D eigenvalue weighted by Gasteiger charge is -2.42. The molecule has 130 valence electrons. The van der Waals surface area contributed by atoms with Crippen molar-refractivity contribution in [3.63, 3.8) is 0 Å². The molecule has 0 aromatic heterocycles. The molecule has 0 atom stereocenters. The largest absolute Gasteiger partial charge is 0.480 e. The highest BCUT2D eigenvalue weighted by Gasteiger charge is 2.36. The maximum absolute atomic E-state index is 12.4. The standard InChI is InChI=1S/C15H18ClN3O4S/c1-2-19(9-15(20)21)13-6-12(7-13)18-24(22,23)14-4-3-11(16)5-10(14)8-17/h3-5,12-13,18H,2,6-7,9H2,1H3,(H,20,21). The van der Waals surface area contributed by atoms with Crippen molar-refractivity contribution in [3.8, 4) is 6.07 Å². The predicted molar refractivity (Wildman–Crippen MR) is 88.2 cm³/mol. The maximum Gasteiger partial charge on any atom is 0.317 e. The van der Waals surface area contributed by atoms with Crippen LogP contribution in [0.5, 0.6) is 0 Å². The van der Waals surface area contributed by atoms with Crippen LogP contribution < -0.4 is 4.72 Å². The Morgan fingerprint density at radius 2 is 2.17 bits per heavy atom. The van der Waals surface area contributed by atoms with Gasteiger partial charge in [0.2, 0.25) is 10.0 Å². The van der Waals surface area contributed by atoms with Crippen LogP contribution in [0.2, 0.25) is 5.02 Å². The molecule has 0 amide bonds. The normalized spacial score (nSPS) is 20.4. The summed E-state index contributed by atoms with van der Waals surface area (Å²) >= 11 is 5.78. The number of carboxylic acids is 1. The Hall–Kier alpha value is -1.66. The van der Waals surface area contributed by atoms with E-state index in [1.54, 1.807) is 4.90 Å². The summed E-state index contributed by atoms with van der Waals surface area (Å²) in [4.78, 5) is 12.5. The molecule has 0 unspecified atom stereocenters. The van der Waals surface area contributed by atoms with Crippen molar-refractivity contribution in [1.29, 1.82) is 5.26 Å². The Balaban J connectivity index is 2.03. The summed E-state index contributed by atoms with van der Waals surface area (Å²) in [7, 11) is -3.82. The molecular weight excluding hydrogens is 354 g/mol. The van der Waals surface area contributed by atoms with E-state index in [2.05, 4.69) is 4.72 Å². The number of carboxylic acid groups (broad SMARTS) is 1. The molecule has 24 heavy (non-hydrogen) atoms. The third kappa shape index (κ3) is 4.24. The van der Waals surface area contributed by atoms with Crippen molar-refractivity contribution in [2.45, 2.75) is 36.7 Å². The summed E-state index contributed by atoms with van der Waals surface area (Å²) in [6.07, 6.45) is 1.08. The number of nitrogens with one attached hydrogen (secondary N) is 1. The number of hydrogen-bond donors (Lipinski definition) is 2. The average Bonchev–Trinajstić information content (AvgIpc) is 2.47. The van der Waals surface area contributed by atoms with Gasteiger partial charge in [0.25, 0.3) is 0 Å². The van der Waals surface area contributed by atoms with Gasteiger partial charge in [0, 0.05) is 17.1 Å². The molecule has 2 rings (SSSR count). The minimum absolute atomic E-state index is 0.00747. The zero-order valence-corrected chi connectivity index (χ0v) is 14.6. The van der Waals surface area contributed by atoms with Crippen LogP contribution in [0.1, 0.15) is 25.3 Å². The summed E-state index contributed by atoms with van der Waals surface area (Å²) in [5.41, 5.74) is -0.00747. The molecule has 1 aromatic rings. The second-order valence-corrected chi connectivity index (χ2v) is 7.77. The lowest BCUT2D eigenvalue weighted by atomic mass is 9.86. The number of rotatable bonds is 7. The molecule has 1 fully saturated rings. The molecule has 0 bridgehead atoms.